The molecule has 1 heterocycles. The van der Waals surface area contributed by atoms with E-state index in [9.17, 15) is 8.42 Å². The Kier molecular flexibility index (Phi) is 8.46. The lowest BCUT2D eigenvalue weighted by Gasteiger charge is -2.17. The molecule has 0 aliphatic carbocycles. The van der Waals surface area contributed by atoms with Gasteiger partial charge in [-0.15, -0.1) is 0 Å². The largest absolute Gasteiger partial charge is 0.356 e. The van der Waals surface area contributed by atoms with E-state index in [1.807, 2.05) is 29.1 Å². The molecule has 0 unspecified atom stereocenters. The van der Waals surface area contributed by atoms with Gasteiger partial charge in [-0.2, -0.15) is 5.10 Å². The van der Waals surface area contributed by atoms with Gasteiger partial charge in [0.2, 0.25) is 10.0 Å². The van der Waals surface area contributed by atoms with Crippen LogP contribution in [0.2, 0.25) is 0 Å². The lowest BCUT2D eigenvalue weighted by molar-refractivity contribution is 0.461. The maximum atomic E-state index is 11.8. The third-order valence-electron chi connectivity index (χ3n) is 4.46. The number of hydrogen-bond acceptors (Lipinski definition) is 4. The minimum Gasteiger partial charge on any atom is -0.356 e. The number of nitrogens with one attached hydrogen (secondary N) is 2. The summed E-state index contributed by atoms with van der Waals surface area (Å²) in [5.41, 5.74) is 2.37. The summed E-state index contributed by atoms with van der Waals surface area (Å²) < 4.78 is 26.8. The molecule has 154 valence electrons. The van der Waals surface area contributed by atoms with Gasteiger partial charge in [-0.05, 0) is 30.5 Å². The van der Waals surface area contributed by atoms with Gasteiger partial charge in [-0.3, -0.25) is 9.67 Å². The second-order valence-corrected chi connectivity index (χ2v) is 8.77. The SMILES string of the molecule is CCS(=O)(=O)N(C)CCCNC(=NC)NCc1ccccc1Cn1cccn1. The lowest BCUT2D eigenvalue weighted by atomic mass is 10.1. The molecule has 0 amide bonds. The Morgan fingerprint density at radius 3 is 2.61 bits per heavy atom. The topological polar surface area (TPSA) is 91.6 Å². The zero-order valence-corrected chi connectivity index (χ0v) is 17.6. The number of guanidine groups is 1. The Morgan fingerprint density at radius 1 is 1.21 bits per heavy atom. The third-order valence-corrected chi connectivity index (χ3v) is 6.32. The first kappa shape index (κ1) is 21.9. The summed E-state index contributed by atoms with van der Waals surface area (Å²) in [7, 11) is 0.210. The molecular formula is C19H30N6O2S. The molecule has 28 heavy (non-hydrogen) atoms. The fourth-order valence-electron chi connectivity index (χ4n) is 2.72. The number of nitrogens with zero attached hydrogens (tertiary/aromatic N) is 4. The highest BCUT2D eigenvalue weighted by molar-refractivity contribution is 7.89. The number of rotatable bonds is 10. The zero-order valence-electron chi connectivity index (χ0n) is 16.8. The van der Waals surface area contributed by atoms with Gasteiger partial charge in [0.25, 0.3) is 0 Å². The molecule has 1 aromatic heterocycles. The third kappa shape index (κ3) is 6.65. The van der Waals surface area contributed by atoms with Crippen molar-refractivity contribution in [1.82, 2.24) is 24.7 Å². The van der Waals surface area contributed by atoms with Crippen molar-refractivity contribution in [2.75, 3.05) is 32.9 Å². The van der Waals surface area contributed by atoms with Gasteiger partial charge < -0.3 is 10.6 Å². The van der Waals surface area contributed by atoms with Gasteiger partial charge in [-0.25, -0.2) is 12.7 Å². The van der Waals surface area contributed by atoms with Crippen molar-refractivity contribution in [3.8, 4) is 0 Å². The van der Waals surface area contributed by atoms with Crippen LogP contribution in [0.15, 0.2) is 47.7 Å². The smallest absolute Gasteiger partial charge is 0.213 e. The van der Waals surface area contributed by atoms with Crippen LogP contribution in [0.5, 0.6) is 0 Å². The van der Waals surface area contributed by atoms with E-state index in [0.29, 0.717) is 32.0 Å². The second-order valence-electron chi connectivity index (χ2n) is 6.40. The van der Waals surface area contributed by atoms with Crippen molar-refractivity contribution in [2.24, 2.45) is 4.99 Å². The van der Waals surface area contributed by atoms with Crippen molar-refractivity contribution >= 4 is 16.0 Å². The van der Waals surface area contributed by atoms with Gasteiger partial charge in [0.1, 0.15) is 0 Å². The molecular weight excluding hydrogens is 376 g/mol. The van der Waals surface area contributed by atoms with Crippen molar-refractivity contribution in [3.63, 3.8) is 0 Å². The van der Waals surface area contributed by atoms with Crippen LogP contribution in [-0.4, -0.2) is 61.4 Å². The predicted octanol–water partition coefficient (Wildman–Crippen LogP) is 1.27. The first-order valence-corrected chi connectivity index (χ1v) is 11.0. The molecule has 0 atom stereocenters. The summed E-state index contributed by atoms with van der Waals surface area (Å²) in [6, 6.07) is 10.1. The molecule has 9 heteroatoms. The van der Waals surface area contributed by atoms with Crippen molar-refractivity contribution in [1.29, 1.82) is 0 Å². The Balaban J connectivity index is 1.81. The minimum atomic E-state index is -3.12. The van der Waals surface area contributed by atoms with E-state index in [2.05, 4.69) is 32.9 Å². The van der Waals surface area contributed by atoms with Gasteiger partial charge in [-0.1, -0.05) is 24.3 Å². The fraction of sp³-hybridized carbons (Fsp3) is 0.474. The van der Waals surface area contributed by atoms with E-state index in [4.69, 9.17) is 0 Å². The summed E-state index contributed by atoms with van der Waals surface area (Å²) in [5, 5.41) is 10.8. The molecule has 0 saturated heterocycles. The molecule has 2 rings (SSSR count). The first-order valence-electron chi connectivity index (χ1n) is 9.39. The fourth-order valence-corrected chi connectivity index (χ4v) is 3.57. The van der Waals surface area contributed by atoms with Crippen LogP contribution in [0.25, 0.3) is 0 Å². The van der Waals surface area contributed by atoms with Crippen LogP contribution < -0.4 is 10.6 Å². The molecule has 0 radical (unpaired) electrons. The number of aromatic nitrogens is 2. The van der Waals surface area contributed by atoms with E-state index < -0.39 is 10.0 Å². The highest BCUT2D eigenvalue weighted by Gasteiger charge is 2.14. The maximum Gasteiger partial charge on any atom is 0.213 e. The maximum absolute atomic E-state index is 11.8. The number of aliphatic imine (C=N–C) groups is 1. The van der Waals surface area contributed by atoms with Crippen molar-refractivity contribution in [2.45, 2.75) is 26.4 Å². The lowest BCUT2D eigenvalue weighted by Crippen LogP contribution is -2.39. The molecule has 0 saturated carbocycles. The Bertz CT molecular complexity index is 849. The van der Waals surface area contributed by atoms with Gasteiger partial charge in [0, 0.05) is 46.1 Å². The summed E-state index contributed by atoms with van der Waals surface area (Å²) in [6.45, 7) is 4.13. The van der Waals surface area contributed by atoms with E-state index in [0.717, 1.165) is 6.54 Å². The van der Waals surface area contributed by atoms with Gasteiger partial charge >= 0.3 is 0 Å². The minimum absolute atomic E-state index is 0.123. The monoisotopic (exact) mass is 406 g/mol. The molecule has 8 nitrogen and oxygen atoms in total. The molecule has 2 aromatic rings. The van der Waals surface area contributed by atoms with Crippen LogP contribution in [0.3, 0.4) is 0 Å². The van der Waals surface area contributed by atoms with Crippen LogP contribution in [0.4, 0.5) is 0 Å². The summed E-state index contributed by atoms with van der Waals surface area (Å²) in [6.07, 6.45) is 4.42. The Morgan fingerprint density at radius 2 is 1.96 bits per heavy atom. The summed E-state index contributed by atoms with van der Waals surface area (Å²) in [4.78, 5) is 4.24. The van der Waals surface area contributed by atoms with Crippen LogP contribution in [0, 0.1) is 0 Å². The predicted molar refractivity (Wildman–Crippen MR) is 113 cm³/mol. The first-order chi connectivity index (χ1) is 13.5. The van der Waals surface area contributed by atoms with Crippen LogP contribution in [-0.2, 0) is 23.1 Å². The number of benzene rings is 1. The van der Waals surface area contributed by atoms with Crippen LogP contribution >= 0.6 is 0 Å². The molecule has 0 spiro atoms. The molecule has 0 aliphatic rings. The van der Waals surface area contributed by atoms with Gasteiger partial charge in [0.05, 0.1) is 12.3 Å². The van der Waals surface area contributed by atoms with E-state index >= 15 is 0 Å². The Labute approximate surface area is 167 Å². The second kappa shape index (κ2) is 10.8. The van der Waals surface area contributed by atoms with Crippen LogP contribution in [0.1, 0.15) is 24.5 Å². The highest BCUT2D eigenvalue weighted by atomic mass is 32.2. The normalized spacial score (nSPS) is 12.4. The summed E-state index contributed by atoms with van der Waals surface area (Å²) in [5.74, 6) is 0.813. The average Bonchev–Trinajstić information content (AvgIpc) is 3.21. The van der Waals surface area contributed by atoms with Gasteiger partial charge in [0.15, 0.2) is 5.96 Å². The van der Waals surface area contributed by atoms with E-state index in [1.54, 1.807) is 27.2 Å². The van der Waals surface area contributed by atoms with E-state index in [1.165, 1.54) is 15.4 Å². The Hall–Kier alpha value is -2.39. The van der Waals surface area contributed by atoms with E-state index in [-0.39, 0.29) is 5.75 Å². The average molecular weight is 407 g/mol. The number of sulfonamides is 1. The molecule has 0 fully saturated rings. The molecule has 0 aliphatic heterocycles. The zero-order chi connectivity index (χ0) is 20.4. The quantitative estimate of drug-likeness (QED) is 0.352. The number of hydrogen-bond donors (Lipinski definition) is 2. The molecule has 2 N–H and O–H groups in total. The van der Waals surface area contributed by atoms with Crippen molar-refractivity contribution in [3.05, 3.63) is 53.9 Å². The molecule has 1 aromatic carbocycles. The summed E-state index contributed by atoms with van der Waals surface area (Å²) >= 11 is 0. The molecule has 0 bridgehead atoms. The van der Waals surface area contributed by atoms with Crippen molar-refractivity contribution < 1.29 is 8.42 Å². The standard InChI is InChI=1S/C19H30N6O2S/c1-4-28(26,27)24(3)13-7-11-21-19(20-2)22-15-17-9-5-6-10-18(17)16-25-14-8-12-23-25/h5-6,8-10,12,14H,4,7,11,13,15-16H2,1-3H3,(H2,20,21,22). The highest BCUT2D eigenvalue weighted by Crippen LogP contribution is 2.10.